The maximum Gasteiger partial charge on any atom is 0.178 e. The molecule has 0 radical (unpaired) electrons. The van der Waals surface area contributed by atoms with Crippen molar-refractivity contribution in [1.29, 1.82) is 0 Å². The van der Waals surface area contributed by atoms with Crippen LogP contribution in [-0.4, -0.2) is 19.2 Å². The summed E-state index contributed by atoms with van der Waals surface area (Å²) in [5.41, 5.74) is 3.14. The molecular weight excluding hydrogens is 330 g/mol. The summed E-state index contributed by atoms with van der Waals surface area (Å²) in [4.78, 5) is 4.93. The van der Waals surface area contributed by atoms with Crippen molar-refractivity contribution in [2.75, 3.05) is 5.75 Å². The molecule has 0 bridgehead atoms. The molecule has 0 aliphatic heterocycles. The molecule has 25 heavy (non-hydrogen) atoms. The van der Waals surface area contributed by atoms with Gasteiger partial charge in [0.05, 0.1) is 16.3 Å². The van der Waals surface area contributed by atoms with E-state index < -0.39 is 9.84 Å². The standard InChI is InChI=1S/C21H27NO2S/c1-16(2)21-20(9-6-14-22-21)18-10-12-19(13-11-18)25(23,24)15-17-7-4-3-5-8-17/h6,9-14,16-17H,3-5,7-8,15H2,1-2H3. The van der Waals surface area contributed by atoms with Crippen LogP contribution in [0.25, 0.3) is 11.1 Å². The minimum Gasteiger partial charge on any atom is -0.260 e. The van der Waals surface area contributed by atoms with Gasteiger partial charge in [0.25, 0.3) is 0 Å². The van der Waals surface area contributed by atoms with Crippen LogP contribution in [-0.2, 0) is 9.84 Å². The Morgan fingerprint density at radius 3 is 2.36 bits per heavy atom. The van der Waals surface area contributed by atoms with Crippen LogP contribution in [0, 0.1) is 5.92 Å². The molecule has 1 aromatic heterocycles. The van der Waals surface area contributed by atoms with Crippen LogP contribution in [0.3, 0.4) is 0 Å². The van der Waals surface area contributed by atoms with Gasteiger partial charge in [-0.15, -0.1) is 0 Å². The van der Waals surface area contributed by atoms with Gasteiger partial charge in [0.1, 0.15) is 0 Å². The van der Waals surface area contributed by atoms with Crippen molar-refractivity contribution < 1.29 is 8.42 Å². The summed E-state index contributed by atoms with van der Waals surface area (Å²) in [6, 6.07) is 11.3. The van der Waals surface area contributed by atoms with Crippen molar-refractivity contribution in [1.82, 2.24) is 4.98 Å². The van der Waals surface area contributed by atoms with Crippen LogP contribution in [0.2, 0.25) is 0 Å². The van der Waals surface area contributed by atoms with E-state index in [9.17, 15) is 8.42 Å². The predicted molar refractivity (Wildman–Crippen MR) is 102 cm³/mol. The van der Waals surface area contributed by atoms with Gasteiger partial charge in [-0.3, -0.25) is 4.98 Å². The lowest BCUT2D eigenvalue weighted by atomic mass is 9.91. The first kappa shape index (κ1) is 18.1. The van der Waals surface area contributed by atoms with Crippen LogP contribution in [0.1, 0.15) is 57.6 Å². The summed E-state index contributed by atoms with van der Waals surface area (Å²) in [5, 5.41) is 0. The first-order chi connectivity index (χ1) is 12.0. The van der Waals surface area contributed by atoms with Crippen molar-refractivity contribution in [2.45, 2.75) is 56.8 Å². The fourth-order valence-corrected chi connectivity index (χ4v) is 5.42. The molecule has 0 spiro atoms. The summed E-state index contributed by atoms with van der Waals surface area (Å²) in [7, 11) is -3.20. The molecule has 1 heterocycles. The molecule has 3 nitrogen and oxygen atoms in total. The number of hydrogen-bond donors (Lipinski definition) is 0. The summed E-state index contributed by atoms with van der Waals surface area (Å²) in [5.74, 6) is 0.937. The van der Waals surface area contributed by atoms with Crippen molar-refractivity contribution in [3.63, 3.8) is 0 Å². The SMILES string of the molecule is CC(C)c1ncccc1-c1ccc(S(=O)(=O)CC2CCCCC2)cc1. The van der Waals surface area contributed by atoms with Crippen LogP contribution >= 0.6 is 0 Å². The molecule has 1 saturated carbocycles. The molecule has 1 fully saturated rings. The lowest BCUT2D eigenvalue weighted by Gasteiger charge is -2.21. The average molecular weight is 358 g/mol. The zero-order valence-electron chi connectivity index (χ0n) is 15.1. The second kappa shape index (κ2) is 7.69. The third-order valence-electron chi connectivity index (χ3n) is 5.09. The topological polar surface area (TPSA) is 47.0 Å². The van der Waals surface area contributed by atoms with Gasteiger partial charge in [0, 0.05) is 11.8 Å². The summed E-state index contributed by atoms with van der Waals surface area (Å²) < 4.78 is 25.4. The number of rotatable bonds is 5. The average Bonchev–Trinajstić information content (AvgIpc) is 2.62. The maximum absolute atomic E-state index is 12.7. The normalized spacial score (nSPS) is 16.3. The third-order valence-corrected chi connectivity index (χ3v) is 6.99. The minimum absolute atomic E-state index is 0.288. The largest absolute Gasteiger partial charge is 0.260 e. The molecular formula is C21H27NO2S. The number of aromatic nitrogens is 1. The molecule has 1 aliphatic carbocycles. The fourth-order valence-electron chi connectivity index (χ4n) is 3.72. The fraction of sp³-hybridized carbons (Fsp3) is 0.476. The summed E-state index contributed by atoms with van der Waals surface area (Å²) in [6.07, 6.45) is 7.47. The predicted octanol–water partition coefficient (Wildman–Crippen LogP) is 5.23. The zero-order valence-corrected chi connectivity index (χ0v) is 15.9. The van der Waals surface area contributed by atoms with Gasteiger partial charge in [0.15, 0.2) is 9.84 Å². The second-order valence-electron chi connectivity index (χ2n) is 7.40. The lowest BCUT2D eigenvalue weighted by molar-refractivity contribution is 0.385. The molecule has 4 heteroatoms. The number of hydrogen-bond acceptors (Lipinski definition) is 3. The monoisotopic (exact) mass is 357 g/mol. The molecule has 2 aromatic rings. The van der Waals surface area contributed by atoms with E-state index in [0.717, 1.165) is 42.5 Å². The van der Waals surface area contributed by atoms with Gasteiger partial charge in [-0.1, -0.05) is 51.3 Å². The van der Waals surface area contributed by atoms with Gasteiger partial charge in [-0.2, -0.15) is 0 Å². The molecule has 0 saturated heterocycles. The van der Waals surface area contributed by atoms with Crippen molar-refractivity contribution in [2.24, 2.45) is 5.92 Å². The number of nitrogens with zero attached hydrogens (tertiary/aromatic N) is 1. The molecule has 134 valence electrons. The first-order valence-electron chi connectivity index (χ1n) is 9.25. The highest BCUT2D eigenvalue weighted by Crippen LogP contribution is 2.30. The molecule has 0 N–H and O–H groups in total. The van der Waals surface area contributed by atoms with E-state index in [1.54, 1.807) is 12.1 Å². The molecule has 0 amide bonds. The van der Waals surface area contributed by atoms with E-state index in [1.807, 2.05) is 30.5 Å². The summed E-state index contributed by atoms with van der Waals surface area (Å²) >= 11 is 0. The highest BCUT2D eigenvalue weighted by Gasteiger charge is 2.23. The Labute approximate surface area is 151 Å². The van der Waals surface area contributed by atoms with E-state index >= 15 is 0 Å². The van der Waals surface area contributed by atoms with Gasteiger partial charge < -0.3 is 0 Å². The number of pyridine rings is 1. The number of benzene rings is 1. The smallest absolute Gasteiger partial charge is 0.178 e. The third kappa shape index (κ3) is 4.30. The van der Waals surface area contributed by atoms with Gasteiger partial charge in [-0.25, -0.2) is 8.42 Å². The molecule has 1 aliphatic rings. The Balaban J connectivity index is 1.82. The Morgan fingerprint density at radius 2 is 1.72 bits per heavy atom. The maximum atomic E-state index is 12.7. The van der Waals surface area contributed by atoms with E-state index in [0.29, 0.717) is 16.7 Å². The Bertz CT molecular complexity index is 804. The van der Waals surface area contributed by atoms with E-state index in [1.165, 1.54) is 6.42 Å². The van der Waals surface area contributed by atoms with E-state index in [2.05, 4.69) is 18.8 Å². The second-order valence-corrected chi connectivity index (χ2v) is 9.43. The quantitative estimate of drug-likeness (QED) is 0.736. The Morgan fingerprint density at radius 1 is 1.04 bits per heavy atom. The van der Waals surface area contributed by atoms with E-state index in [-0.39, 0.29) is 5.75 Å². The summed E-state index contributed by atoms with van der Waals surface area (Å²) in [6.45, 7) is 4.24. The Hall–Kier alpha value is -1.68. The highest BCUT2D eigenvalue weighted by molar-refractivity contribution is 7.91. The highest BCUT2D eigenvalue weighted by atomic mass is 32.2. The molecule has 1 aromatic carbocycles. The molecule has 3 rings (SSSR count). The van der Waals surface area contributed by atoms with Crippen LogP contribution in [0.15, 0.2) is 47.5 Å². The van der Waals surface area contributed by atoms with Gasteiger partial charge in [0.2, 0.25) is 0 Å². The molecule has 0 atom stereocenters. The van der Waals surface area contributed by atoms with Gasteiger partial charge >= 0.3 is 0 Å². The van der Waals surface area contributed by atoms with Crippen molar-refractivity contribution >= 4 is 9.84 Å². The van der Waals surface area contributed by atoms with Crippen LogP contribution in [0.5, 0.6) is 0 Å². The van der Waals surface area contributed by atoms with Crippen molar-refractivity contribution in [3.8, 4) is 11.1 Å². The van der Waals surface area contributed by atoms with Gasteiger partial charge in [-0.05, 0) is 48.4 Å². The number of sulfone groups is 1. The lowest BCUT2D eigenvalue weighted by Crippen LogP contribution is -2.18. The van der Waals surface area contributed by atoms with Crippen LogP contribution in [0.4, 0.5) is 0 Å². The molecule has 0 unspecified atom stereocenters. The van der Waals surface area contributed by atoms with Crippen molar-refractivity contribution in [3.05, 3.63) is 48.3 Å². The first-order valence-corrected chi connectivity index (χ1v) is 10.9. The van der Waals surface area contributed by atoms with Crippen LogP contribution < -0.4 is 0 Å². The Kier molecular flexibility index (Phi) is 5.57. The minimum atomic E-state index is -3.20. The van der Waals surface area contributed by atoms with E-state index in [4.69, 9.17) is 0 Å². The zero-order chi connectivity index (χ0) is 17.9.